The summed E-state index contributed by atoms with van der Waals surface area (Å²) in [6, 6.07) is 22.7. The van der Waals surface area contributed by atoms with Crippen molar-refractivity contribution in [1.29, 1.82) is 0 Å². The number of carbonyl (C=O) groups is 1. The van der Waals surface area contributed by atoms with Gasteiger partial charge in [-0.15, -0.1) is 0 Å². The normalized spacial score (nSPS) is 11.6. The molecule has 30 heavy (non-hydrogen) atoms. The molecule has 150 valence electrons. The summed E-state index contributed by atoms with van der Waals surface area (Å²) >= 11 is 0. The fraction of sp³-hybridized carbons (Fsp3) is 0.125. The SMILES string of the molecule is CCC(C(=O)Nc1ccc(Oc2cc(-n3cccc3)ncn2)cc1)c1ccccc1. The Labute approximate surface area is 175 Å². The standard InChI is InChI=1S/C24H22N4O2/c1-2-21(18-8-4-3-5-9-18)24(29)27-19-10-12-20(13-11-19)30-23-16-22(25-17-26-23)28-14-6-7-15-28/h3-17,21H,2H2,1H3,(H,27,29). The predicted molar refractivity (Wildman–Crippen MR) is 116 cm³/mol. The van der Waals surface area contributed by atoms with Gasteiger partial charge in [-0.1, -0.05) is 37.3 Å². The van der Waals surface area contributed by atoms with E-state index in [4.69, 9.17) is 4.74 Å². The molecule has 0 spiro atoms. The lowest BCUT2D eigenvalue weighted by Crippen LogP contribution is -2.20. The molecule has 2 aromatic heterocycles. The van der Waals surface area contributed by atoms with E-state index in [1.807, 2.05) is 78.5 Å². The third kappa shape index (κ3) is 4.55. The summed E-state index contributed by atoms with van der Waals surface area (Å²) in [5.74, 6) is 1.58. The van der Waals surface area contributed by atoms with Gasteiger partial charge in [0.05, 0.1) is 5.92 Å². The highest BCUT2D eigenvalue weighted by Crippen LogP contribution is 2.25. The molecule has 1 N–H and O–H groups in total. The third-order valence-corrected chi connectivity index (χ3v) is 4.77. The Hall–Kier alpha value is -3.93. The number of nitrogens with zero attached hydrogens (tertiary/aromatic N) is 3. The summed E-state index contributed by atoms with van der Waals surface area (Å²) in [5.41, 5.74) is 1.73. The van der Waals surface area contributed by atoms with Crippen molar-refractivity contribution in [2.24, 2.45) is 0 Å². The van der Waals surface area contributed by atoms with Gasteiger partial charge < -0.3 is 14.6 Å². The van der Waals surface area contributed by atoms with Gasteiger partial charge in [0, 0.05) is 24.1 Å². The highest BCUT2D eigenvalue weighted by molar-refractivity contribution is 5.95. The first-order chi connectivity index (χ1) is 14.7. The summed E-state index contributed by atoms with van der Waals surface area (Å²) in [4.78, 5) is 21.1. The number of amides is 1. The minimum Gasteiger partial charge on any atom is -0.439 e. The van der Waals surface area contributed by atoms with E-state index in [1.54, 1.807) is 18.2 Å². The predicted octanol–water partition coefficient (Wildman–Crippen LogP) is 5.19. The minimum absolute atomic E-state index is 0.0236. The Kier molecular flexibility index (Phi) is 5.85. The number of nitrogens with one attached hydrogen (secondary N) is 1. The van der Waals surface area contributed by atoms with Gasteiger partial charge in [0.25, 0.3) is 0 Å². The van der Waals surface area contributed by atoms with Crippen molar-refractivity contribution in [3.63, 3.8) is 0 Å². The van der Waals surface area contributed by atoms with Crippen molar-refractivity contribution < 1.29 is 9.53 Å². The van der Waals surface area contributed by atoms with Crippen LogP contribution in [0.3, 0.4) is 0 Å². The van der Waals surface area contributed by atoms with Crippen LogP contribution in [0, 0.1) is 0 Å². The average molecular weight is 398 g/mol. The molecular weight excluding hydrogens is 376 g/mol. The molecule has 0 saturated carbocycles. The molecule has 6 nitrogen and oxygen atoms in total. The highest BCUT2D eigenvalue weighted by atomic mass is 16.5. The van der Waals surface area contributed by atoms with Crippen molar-refractivity contribution in [3.05, 3.63) is 97.1 Å². The number of rotatable bonds is 7. The van der Waals surface area contributed by atoms with Gasteiger partial charge in [0.15, 0.2) is 0 Å². The maximum atomic E-state index is 12.7. The van der Waals surface area contributed by atoms with Crippen LogP contribution < -0.4 is 10.1 Å². The molecule has 0 fully saturated rings. The Morgan fingerprint density at radius 1 is 1.00 bits per heavy atom. The van der Waals surface area contributed by atoms with Gasteiger partial charge in [-0.2, -0.15) is 0 Å². The molecule has 0 saturated heterocycles. The summed E-state index contributed by atoms with van der Waals surface area (Å²) in [6.07, 6.45) is 6.01. The van der Waals surface area contributed by atoms with E-state index in [-0.39, 0.29) is 11.8 Å². The lowest BCUT2D eigenvalue weighted by Gasteiger charge is -2.15. The lowest BCUT2D eigenvalue weighted by molar-refractivity contribution is -0.117. The zero-order valence-corrected chi connectivity index (χ0v) is 16.6. The maximum absolute atomic E-state index is 12.7. The second kappa shape index (κ2) is 9.05. The van der Waals surface area contributed by atoms with Crippen LogP contribution in [-0.4, -0.2) is 20.4 Å². The van der Waals surface area contributed by atoms with Crippen LogP contribution >= 0.6 is 0 Å². The Morgan fingerprint density at radius 2 is 1.73 bits per heavy atom. The first-order valence-corrected chi connectivity index (χ1v) is 9.82. The van der Waals surface area contributed by atoms with E-state index in [1.165, 1.54) is 6.33 Å². The number of ether oxygens (including phenoxy) is 1. The smallest absolute Gasteiger partial charge is 0.231 e. The summed E-state index contributed by atoms with van der Waals surface area (Å²) in [5, 5.41) is 2.99. The monoisotopic (exact) mass is 398 g/mol. The molecule has 2 aromatic carbocycles. The fourth-order valence-electron chi connectivity index (χ4n) is 3.23. The van der Waals surface area contributed by atoms with Crippen molar-refractivity contribution in [3.8, 4) is 17.4 Å². The third-order valence-electron chi connectivity index (χ3n) is 4.77. The Morgan fingerprint density at radius 3 is 2.43 bits per heavy atom. The molecular formula is C24H22N4O2. The first-order valence-electron chi connectivity index (χ1n) is 9.82. The number of benzene rings is 2. The summed E-state index contributed by atoms with van der Waals surface area (Å²) < 4.78 is 7.72. The number of hydrogen-bond acceptors (Lipinski definition) is 4. The molecule has 0 aliphatic heterocycles. The van der Waals surface area contributed by atoms with Crippen molar-refractivity contribution in [2.75, 3.05) is 5.32 Å². The molecule has 1 atom stereocenters. The van der Waals surface area contributed by atoms with Crippen LogP contribution in [0.4, 0.5) is 5.69 Å². The zero-order chi connectivity index (χ0) is 20.8. The van der Waals surface area contributed by atoms with Gasteiger partial charge >= 0.3 is 0 Å². The van der Waals surface area contributed by atoms with Crippen molar-refractivity contribution in [1.82, 2.24) is 14.5 Å². The molecule has 4 rings (SSSR count). The highest BCUT2D eigenvalue weighted by Gasteiger charge is 2.18. The quantitative estimate of drug-likeness (QED) is 0.465. The maximum Gasteiger partial charge on any atom is 0.231 e. The number of aromatic nitrogens is 3. The second-order valence-corrected chi connectivity index (χ2v) is 6.79. The number of hydrogen-bond donors (Lipinski definition) is 1. The van der Waals surface area contributed by atoms with Gasteiger partial charge in [0.2, 0.25) is 11.8 Å². The van der Waals surface area contributed by atoms with Gasteiger partial charge in [-0.25, -0.2) is 9.97 Å². The van der Waals surface area contributed by atoms with Gasteiger partial charge in [-0.3, -0.25) is 4.79 Å². The molecule has 1 unspecified atom stereocenters. The molecule has 0 aliphatic rings. The fourth-order valence-corrected chi connectivity index (χ4v) is 3.23. The van der Waals surface area contributed by atoms with Crippen LogP contribution in [0.1, 0.15) is 24.8 Å². The first kappa shape index (κ1) is 19.4. The van der Waals surface area contributed by atoms with Crippen LogP contribution in [0.5, 0.6) is 11.6 Å². The largest absolute Gasteiger partial charge is 0.439 e. The van der Waals surface area contributed by atoms with Crippen molar-refractivity contribution in [2.45, 2.75) is 19.3 Å². The summed E-state index contributed by atoms with van der Waals surface area (Å²) in [7, 11) is 0. The number of anilines is 1. The van der Waals surface area contributed by atoms with E-state index in [0.717, 1.165) is 23.5 Å². The Bertz CT molecular complexity index is 1090. The molecule has 4 aromatic rings. The topological polar surface area (TPSA) is 69.0 Å². The molecule has 0 bridgehead atoms. The van der Waals surface area contributed by atoms with E-state index >= 15 is 0 Å². The van der Waals surface area contributed by atoms with Crippen LogP contribution in [0.15, 0.2) is 91.5 Å². The van der Waals surface area contributed by atoms with E-state index in [0.29, 0.717) is 11.6 Å². The van der Waals surface area contributed by atoms with E-state index in [2.05, 4.69) is 15.3 Å². The van der Waals surface area contributed by atoms with E-state index in [9.17, 15) is 4.79 Å². The van der Waals surface area contributed by atoms with Crippen LogP contribution in [-0.2, 0) is 4.79 Å². The second-order valence-electron chi connectivity index (χ2n) is 6.79. The molecule has 6 heteroatoms. The molecule has 1 amide bonds. The van der Waals surface area contributed by atoms with Crippen LogP contribution in [0.25, 0.3) is 5.82 Å². The van der Waals surface area contributed by atoms with Gasteiger partial charge in [-0.05, 0) is 48.4 Å². The minimum atomic E-state index is -0.185. The lowest BCUT2D eigenvalue weighted by atomic mass is 9.95. The average Bonchev–Trinajstić information content (AvgIpc) is 3.32. The van der Waals surface area contributed by atoms with Crippen molar-refractivity contribution >= 4 is 11.6 Å². The van der Waals surface area contributed by atoms with Gasteiger partial charge in [0.1, 0.15) is 17.9 Å². The number of carbonyl (C=O) groups excluding carboxylic acids is 1. The molecule has 2 heterocycles. The molecule has 0 radical (unpaired) electrons. The zero-order valence-electron chi connectivity index (χ0n) is 16.6. The van der Waals surface area contributed by atoms with Crippen LogP contribution in [0.2, 0.25) is 0 Å². The Balaban J connectivity index is 1.42. The summed E-state index contributed by atoms with van der Waals surface area (Å²) in [6.45, 7) is 2.01. The van der Waals surface area contributed by atoms with E-state index < -0.39 is 0 Å². The molecule has 0 aliphatic carbocycles.